The van der Waals surface area contributed by atoms with E-state index in [0.29, 0.717) is 0 Å². The van der Waals surface area contributed by atoms with Gasteiger partial charge in [0.05, 0.1) is 9.79 Å². The van der Waals surface area contributed by atoms with Gasteiger partial charge in [-0.15, -0.1) is 0 Å². The fourth-order valence-corrected chi connectivity index (χ4v) is 4.23. The summed E-state index contributed by atoms with van der Waals surface area (Å²) in [5, 5.41) is 0. The van der Waals surface area contributed by atoms with Crippen molar-refractivity contribution < 1.29 is 26.4 Å². The first-order valence-corrected chi connectivity index (χ1v) is 12.7. The number of amides is 2. The third kappa shape index (κ3) is 8.43. The van der Waals surface area contributed by atoms with E-state index in [1.165, 1.54) is 24.3 Å². The van der Waals surface area contributed by atoms with Gasteiger partial charge in [0.25, 0.3) is 20.0 Å². The van der Waals surface area contributed by atoms with E-state index in [1.807, 2.05) is 9.44 Å². The first-order valence-electron chi connectivity index (χ1n) is 9.71. The van der Waals surface area contributed by atoms with Gasteiger partial charge in [-0.2, -0.15) is 0 Å². The topological polar surface area (TPSA) is 126 Å². The Morgan fingerprint density at radius 2 is 0.812 bits per heavy atom. The van der Waals surface area contributed by atoms with Gasteiger partial charge in [0.2, 0.25) is 11.8 Å². The third-order valence-corrected chi connectivity index (χ3v) is 6.62. The zero-order valence-corrected chi connectivity index (χ0v) is 20.7. The van der Waals surface area contributed by atoms with E-state index < -0.39 is 42.7 Å². The van der Waals surface area contributed by atoms with Gasteiger partial charge < -0.3 is 0 Å². The molecular formula is C22H30N2O6S2. The van der Waals surface area contributed by atoms with Gasteiger partial charge in [0.1, 0.15) is 0 Å². The molecule has 2 aromatic carbocycles. The average Bonchev–Trinajstić information content (AvgIpc) is 2.68. The Morgan fingerprint density at radius 1 is 0.562 bits per heavy atom. The highest BCUT2D eigenvalue weighted by Crippen LogP contribution is 2.16. The Kier molecular flexibility index (Phi) is 8.76. The summed E-state index contributed by atoms with van der Waals surface area (Å²) in [7, 11) is -7.48. The highest BCUT2D eigenvalue weighted by atomic mass is 32.2. The van der Waals surface area contributed by atoms with Crippen LogP contribution < -0.4 is 9.44 Å². The van der Waals surface area contributed by atoms with Crippen molar-refractivity contribution in [1.82, 2.24) is 9.44 Å². The molecule has 10 heteroatoms. The number of carbonyl (C=O) groups is 2. The van der Waals surface area contributed by atoms with Gasteiger partial charge in [-0.3, -0.25) is 9.59 Å². The van der Waals surface area contributed by atoms with Crippen LogP contribution >= 0.6 is 0 Å². The SMILES string of the molecule is CC(C)(C)C(=O)NS(=O)(=O)c1ccccc1.CC(C)(C)C(=O)NS(=O)(=O)c1ccccc1. The summed E-state index contributed by atoms with van der Waals surface area (Å²) in [6, 6.07) is 15.6. The lowest BCUT2D eigenvalue weighted by Crippen LogP contribution is -2.38. The van der Waals surface area contributed by atoms with Gasteiger partial charge in [-0.25, -0.2) is 26.3 Å². The van der Waals surface area contributed by atoms with Crippen molar-refractivity contribution in [1.29, 1.82) is 0 Å². The fraction of sp³-hybridized carbons (Fsp3) is 0.364. The predicted octanol–water partition coefficient (Wildman–Crippen LogP) is 3.08. The summed E-state index contributed by atoms with van der Waals surface area (Å²) in [6.07, 6.45) is 0. The molecule has 0 aromatic heterocycles. The Hall–Kier alpha value is -2.72. The molecule has 2 N–H and O–H groups in total. The maximum absolute atomic E-state index is 11.8. The van der Waals surface area contributed by atoms with Crippen LogP contribution in [0.2, 0.25) is 0 Å². The van der Waals surface area contributed by atoms with Crippen molar-refractivity contribution in [2.75, 3.05) is 0 Å². The van der Waals surface area contributed by atoms with E-state index in [2.05, 4.69) is 0 Å². The van der Waals surface area contributed by atoms with E-state index in [-0.39, 0.29) is 9.79 Å². The van der Waals surface area contributed by atoms with Crippen LogP contribution in [-0.4, -0.2) is 28.6 Å². The van der Waals surface area contributed by atoms with Crippen molar-refractivity contribution in [2.24, 2.45) is 10.8 Å². The average molecular weight is 483 g/mol. The van der Waals surface area contributed by atoms with Crippen LogP contribution in [0.4, 0.5) is 0 Å². The van der Waals surface area contributed by atoms with Gasteiger partial charge in [-0.05, 0) is 24.3 Å². The molecule has 0 saturated carbocycles. The van der Waals surface area contributed by atoms with Gasteiger partial charge in [0.15, 0.2) is 0 Å². The molecule has 0 spiro atoms. The molecule has 0 aliphatic heterocycles. The molecule has 2 rings (SSSR count). The van der Waals surface area contributed by atoms with Gasteiger partial charge in [-0.1, -0.05) is 77.9 Å². The normalized spacial score (nSPS) is 12.2. The zero-order chi connectivity index (χ0) is 24.8. The monoisotopic (exact) mass is 482 g/mol. The summed E-state index contributed by atoms with van der Waals surface area (Å²) in [4.78, 5) is 23.3. The number of benzene rings is 2. The lowest BCUT2D eigenvalue weighted by Gasteiger charge is -2.17. The number of hydrogen-bond acceptors (Lipinski definition) is 6. The van der Waals surface area contributed by atoms with Crippen LogP contribution in [0.15, 0.2) is 70.5 Å². The number of carbonyl (C=O) groups excluding carboxylic acids is 2. The second-order valence-corrected chi connectivity index (χ2v) is 12.4. The molecule has 0 radical (unpaired) electrons. The Labute approximate surface area is 190 Å². The maximum atomic E-state index is 11.8. The number of sulfonamides is 2. The van der Waals surface area contributed by atoms with Crippen LogP contribution in [0.3, 0.4) is 0 Å². The highest BCUT2D eigenvalue weighted by molar-refractivity contribution is 7.90. The zero-order valence-electron chi connectivity index (χ0n) is 19.0. The van der Waals surface area contributed by atoms with E-state index in [4.69, 9.17) is 0 Å². The highest BCUT2D eigenvalue weighted by Gasteiger charge is 2.27. The number of hydrogen-bond donors (Lipinski definition) is 2. The first kappa shape index (κ1) is 27.3. The number of rotatable bonds is 4. The molecule has 0 aliphatic carbocycles. The van der Waals surface area contributed by atoms with E-state index >= 15 is 0 Å². The lowest BCUT2D eigenvalue weighted by molar-refractivity contribution is -0.127. The standard InChI is InChI=1S/2C11H15NO3S/c2*1-11(2,3)10(13)12-16(14,15)9-7-5-4-6-8-9/h2*4-8H,1-3H3,(H,12,13). The Morgan fingerprint density at radius 3 is 1.03 bits per heavy atom. The van der Waals surface area contributed by atoms with E-state index in [1.54, 1.807) is 77.9 Å². The van der Waals surface area contributed by atoms with Crippen molar-refractivity contribution >= 4 is 31.9 Å². The summed E-state index contributed by atoms with van der Waals surface area (Å²) in [5.74, 6) is -1.03. The van der Waals surface area contributed by atoms with Crippen LogP contribution in [-0.2, 0) is 29.6 Å². The molecule has 32 heavy (non-hydrogen) atoms. The molecule has 0 fully saturated rings. The van der Waals surface area contributed by atoms with Crippen molar-refractivity contribution in [3.8, 4) is 0 Å². The second-order valence-electron chi connectivity index (χ2n) is 9.00. The van der Waals surface area contributed by atoms with Crippen molar-refractivity contribution in [3.63, 3.8) is 0 Å². The molecule has 0 bridgehead atoms. The third-order valence-electron chi connectivity index (χ3n) is 3.92. The number of nitrogens with one attached hydrogen (secondary N) is 2. The summed E-state index contributed by atoms with van der Waals surface area (Å²) in [5.41, 5.74) is -1.47. The van der Waals surface area contributed by atoms with Crippen LogP contribution in [0.25, 0.3) is 0 Å². The Bertz CT molecular complexity index is 1040. The smallest absolute Gasteiger partial charge is 0.264 e. The van der Waals surface area contributed by atoms with Gasteiger partial charge >= 0.3 is 0 Å². The minimum absolute atomic E-state index is 0.0904. The molecule has 2 aromatic rings. The minimum atomic E-state index is -3.74. The summed E-state index contributed by atoms with van der Waals surface area (Å²) >= 11 is 0. The maximum Gasteiger partial charge on any atom is 0.264 e. The van der Waals surface area contributed by atoms with Gasteiger partial charge in [0, 0.05) is 10.8 Å². The van der Waals surface area contributed by atoms with Crippen LogP contribution in [0.1, 0.15) is 41.5 Å². The van der Waals surface area contributed by atoms with Crippen LogP contribution in [0.5, 0.6) is 0 Å². The molecule has 0 heterocycles. The molecule has 0 saturated heterocycles. The molecule has 0 aliphatic rings. The molecule has 2 amide bonds. The lowest BCUT2D eigenvalue weighted by atomic mass is 9.96. The fourth-order valence-electron chi connectivity index (χ4n) is 1.87. The second kappa shape index (κ2) is 10.3. The van der Waals surface area contributed by atoms with E-state index in [9.17, 15) is 26.4 Å². The van der Waals surface area contributed by atoms with Crippen molar-refractivity contribution in [2.45, 2.75) is 51.3 Å². The minimum Gasteiger partial charge on any atom is -0.273 e. The first-order chi connectivity index (χ1) is 14.5. The molecule has 176 valence electrons. The summed E-state index contributed by atoms with van der Waals surface area (Å²) in [6.45, 7) is 9.93. The largest absolute Gasteiger partial charge is 0.273 e. The molecule has 8 nitrogen and oxygen atoms in total. The van der Waals surface area contributed by atoms with Crippen molar-refractivity contribution in [3.05, 3.63) is 60.7 Å². The van der Waals surface area contributed by atoms with E-state index in [0.717, 1.165) is 0 Å². The quantitative estimate of drug-likeness (QED) is 0.690. The molecule has 0 atom stereocenters. The summed E-state index contributed by atoms with van der Waals surface area (Å²) < 4.78 is 51.1. The molecular weight excluding hydrogens is 452 g/mol. The Balaban J connectivity index is 0.000000320. The molecule has 0 unspecified atom stereocenters. The van der Waals surface area contributed by atoms with Crippen LogP contribution in [0, 0.1) is 10.8 Å². The predicted molar refractivity (Wildman–Crippen MR) is 122 cm³/mol.